The lowest BCUT2D eigenvalue weighted by molar-refractivity contribution is -0.150. The van der Waals surface area contributed by atoms with Crippen LogP contribution in [0.4, 0.5) is 4.79 Å². The number of imide groups is 1. The van der Waals surface area contributed by atoms with Crippen LogP contribution in [0.5, 0.6) is 0 Å². The summed E-state index contributed by atoms with van der Waals surface area (Å²) in [5.74, 6) is -0.962. The number of rotatable bonds is 6. The van der Waals surface area contributed by atoms with Crippen LogP contribution in [0.25, 0.3) is 0 Å². The van der Waals surface area contributed by atoms with Crippen molar-refractivity contribution >= 4 is 17.9 Å². The first-order valence-electron chi connectivity index (χ1n) is 8.50. The van der Waals surface area contributed by atoms with Crippen LogP contribution >= 0.6 is 0 Å². The Hall–Kier alpha value is -3.19. The van der Waals surface area contributed by atoms with Gasteiger partial charge in [-0.05, 0) is 25.2 Å². The second-order valence-corrected chi connectivity index (χ2v) is 6.51. The average molecular weight is 367 g/mol. The number of carbonyl (C=O) groups is 3. The zero-order valence-electron chi connectivity index (χ0n) is 15.2. The van der Waals surface area contributed by atoms with Crippen LogP contribution in [-0.4, -0.2) is 55.1 Å². The van der Waals surface area contributed by atoms with E-state index in [1.807, 2.05) is 12.1 Å². The molecule has 0 bridgehead atoms. The molecule has 0 atom stereocenters. The number of benzene rings is 2. The van der Waals surface area contributed by atoms with E-state index in [1.54, 1.807) is 67.5 Å². The van der Waals surface area contributed by atoms with E-state index in [4.69, 9.17) is 4.74 Å². The van der Waals surface area contributed by atoms with Crippen LogP contribution in [0.2, 0.25) is 0 Å². The van der Waals surface area contributed by atoms with Crippen molar-refractivity contribution < 1.29 is 19.1 Å². The quantitative estimate of drug-likeness (QED) is 0.619. The molecular weight excluding hydrogens is 346 g/mol. The summed E-state index contributed by atoms with van der Waals surface area (Å²) in [5, 5.41) is 2.37. The molecule has 2 aromatic carbocycles. The van der Waals surface area contributed by atoms with Crippen LogP contribution in [0.3, 0.4) is 0 Å². The van der Waals surface area contributed by atoms with E-state index < -0.39 is 23.4 Å². The van der Waals surface area contributed by atoms with Gasteiger partial charge < -0.3 is 4.74 Å². The molecule has 0 aromatic heterocycles. The minimum absolute atomic E-state index is 0.0765. The molecule has 0 radical (unpaired) electrons. The molecule has 27 heavy (non-hydrogen) atoms. The van der Waals surface area contributed by atoms with Gasteiger partial charge in [-0.25, -0.2) is 4.79 Å². The first-order valence-corrected chi connectivity index (χ1v) is 8.50. The molecule has 3 rings (SSSR count). The molecule has 0 spiro atoms. The largest absolute Gasteiger partial charge is 0.443 e. The number of hydrogen-bond acceptors (Lipinski definition) is 5. The van der Waals surface area contributed by atoms with E-state index >= 15 is 0 Å². The Labute approximate surface area is 157 Å². The first-order chi connectivity index (χ1) is 13.0. The van der Waals surface area contributed by atoms with Crippen molar-refractivity contribution in [1.82, 2.24) is 15.1 Å². The SMILES string of the molecule is CN(C)CC(=O)OCN1C(=O)NC(=O)C1(c1ccccc1)c1ccccc1. The highest BCUT2D eigenvalue weighted by Gasteiger charge is 2.55. The molecule has 140 valence electrons. The number of hydrogen-bond donors (Lipinski definition) is 1. The molecule has 1 aliphatic rings. The van der Waals surface area contributed by atoms with Crippen LogP contribution in [-0.2, 0) is 19.9 Å². The molecule has 7 heteroatoms. The lowest BCUT2D eigenvalue weighted by Gasteiger charge is -2.35. The summed E-state index contributed by atoms with van der Waals surface area (Å²) in [4.78, 5) is 40.5. The third-order valence-corrected chi connectivity index (χ3v) is 4.38. The van der Waals surface area contributed by atoms with E-state index in [-0.39, 0.29) is 13.3 Å². The summed E-state index contributed by atoms with van der Waals surface area (Å²) in [6, 6.07) is 17.4. The molecule has 7 nitrogen and oxygen atoms in total. The van der Waals surface area contributed by atoms with E-state index in [2.05, 4.69) is 5.32 Å². The number of likely N-dealkylation sites (N-methyl/N-ethyl adjacent to an activating group) is 1. The summed E-state index contributed by atoms with van der Waals surface area (Å²) in [6.07, 6.45) is 0. The van der Waals surface area contributed by atoms with E-state index in [0.29, 0.717) is 11.1 Å². The maximum absolute atomic E-state index is 13.0. The summed E-state index contributed by atoms with van der Waals surface area (Å²) in [5.41, 5.74) is -0.177. The van der Waals surface area contributed by atoms with Crippen LogP contribution < -0.4 is 5.32 Å². The van der Waals surface area contributed by atoms with Gasteiger partial charge in [-0.1, -0.05) is 60.7 Å². The number of urea groups is 1. The monoisotopic (exact) mass is 367 g/mol. The molecule has 1 N–H and O–H groups in total. The molecular formula is C20H21N3O4. The van der Waals surface area contributed by atoms with Crippen molar-refractivity contribution in [3.8, 4) is 0 Å². The van der Waals surface area contributed by atoms with Crippen molar-refractivity contribution in [2.75, 3.05) is 27.4 Å². The number of carbonyl (C=O) groups excluding carboxylic acids is 3. The Balaban J connectivity index is 2.05. The smallest absolute Gasteiger partial charge is 0.328 e. The van der Waals surface area contributed by atoms with Gasteiger partial charge in [-0.3, -0.25) is 24.7 Å². The second-order valence-electron chi connectivity index (χ2n) is 6.51. The third-order valence-electron chi connectivity index (χ3n) is 4.38. The fourth-order valence-corrected chi connectivity index (χ4v) is 3.23. The van der Waals surface area contributed by atoms with Crippen molar-refractivity contribution in [2.45, 2.75) is 5.54 Å². The molecule has 0 saturated carbocycles. The number of amides is 3. The van der Waals surface area contributed by atoms with Gasteiger partial charge in [0.05, 0.1) is 6.54 Å². The molecule has 0 unspecified atom stereocenters. The standard InChI is InChI=1S/C20H21N3O4/c1-22(2)13-17(24)27-14-23-19(26)21-18(25)20(23,15-9-5-3-6-10-15)16-11-7-4-8-12-16/h3-12H,13-14H2,1-2H3,(H,21,25,26). The van der Waals surface area contributed by atoms with E-state index in [1.165, 1.54) is 4.90 Å². The number of nitrogens with one attached hydrogen (secondary N) is 1. The molecule has 3 amide bonds. The number of nitrogens with zero attached hydrogens (tertiary/aromatic N) is 2. The molecule has 1 heterocycles. The van der Waals surface area contributed by atoms with Crippen molar-refractivity contribution in [2.24, 2.45) is 0 Å². The highest BCUT2D eigenvalue weighted by Crippen LogP contribution is 2.39. The molecule has 1 saturated heterocycles. The maximum Gasteiger partial charge on any atom is 0.328 e. The van der Waals surface area contributed by atoms with E-state index in [9.17, 15) is 14.4 Å². The lowest BCUT2D eigenvalue weighted by atomic mass is 9.81. The fraction of sp³-hybridized carbons (Fsp3) is 0.250. The van der Waals surface area contributed by atoms with E-state index in [0.717, 1.165) is 0 Å². The Morgan fingerprint density at radius 3 is 2.00 bits per heavy atom. The highest BCUT2D eigenvalue weighted by molar-refractivity contribution is 6.09. The second kappa shape index (κ2) is 7.59. The predicted molar refractivity (Wildman–Crippen MR) is 98.6 cm³/mol. The summed E-state index contributed by atoms with van der Waals surface area (Å²) in [7, 11) is 3.48. The highest BCUT2D eigenvalue weighted by atomic mass is 16.5. The number of ether oxygens (including phenoxy) is 1. The minimum Gasteiger partial charge on any atom is -0.443 e. The van der Waals surface area contributed by atoms with Crippen LogP contribution in [0.1, 0.15) is 11.1 Å². The Kier molecular flexibility index (Phi) is 5.23. The topological polar surface area (TPSA) is 79.0 Å². The molecule has 2 aromatic rings. The maximum atomic E-state index is 13.0. The lowest BCUT2D eigenvalue weighted by Crippen LogP contribution is -2.49. The molecule has 1 aliphatic heterocycles. The predicted octanol–water partition coefficient (Wildman–Crippen LogP) is 1.54. The Morgan fingerprint density at radius 1 is 1.00 bits per heavy atom. The van der Waals surface area contributed by atoms with Gasteiger partial charge >= 0.3 is 12.0 Å². The summed E-state index contributed by atoms with van der Waals surface area (Å²) >= 11 is 0. The van der Waals surface area contributed by atoms with Gasteiger partial charge in [0.25, 0.3) is 5.91 Å². The number of esters is 1. The average Bonchev–Trinajstić information content (AvgIpc) is 2.91. The van der Waals surface area contributed by atoms with Gasteiger partial charge in [0.15, 0.2) is 12.3 Å². The van der Waals surface area contributed by atoms with Crippen molar-refractivity contribution in [3.63, 3.8) is 0 Å². The summed E-state index contributed by atoms with van der Waals surface area (Å²) in [6.45, 7) is -0.263. The van der Waals surface area contributed by atoms with Crippen molar-refractivity contribution in [3.05, 3.63) is 71.8 Å². The van der Waals surface area contributed by atoms with Gasteiger partial charge in [-0.2, -0.15) is 0 Å². The fourth-order valence-electron chi connectivity index (χ4n) is 3.23. The third kappa shape index (κ3) is 3.41. The van der Waals surface area contributed by atoms with Gasteiger partial charge in [0.2, 0.25) is 0 Å². The van der Waals surface area contributed by atoms with Crippen LogP contribution in [0.15, 0.2) is 60.7 Å². The minimum atomic E-state index is -1.40. The molecule has 1 fully saturated rings. The van der Waals surface area contributed by atoms with Gasteiger partial charge in [-0.15, -0.1) is 0 Å². The Morgan fingerprint density at radius 2 is 1.52 bits per heavy atom. The summed E-state index contributed by atoms with van der Waals surface area (Å²) < 4.78 is 5.29. The first kappa shape index (κ1) is 18.6. The van der Waals surface area contributed by atoms with Crippen LogP contribution in [0, 0.1) is 0 Å². The van der Waals surface area contributed by atoms with Gasteiger partial charge in [0.1, 0.15) is 0 Å². The van der Waals surface area contributed by atoms with Crippen molar-refractivity contribution in [1.29, 1.82) is 0 Å². The van der Waals surface area contributed by atoms with Gasteiger partial charge in [0, 0.05) is 0 Å². The molecule has 0 aliphatic carbocycles. The Bertz CT molecular complexity index is 797. The zero-order valence-corrected chi connectivity index (χ0v) is 15.2. The normalized spacial score (nSPS) is 15.7. The zero-order chi connectivity index (χ0) is 19.4.